The minimum Gasteiger partial charge on any atom is -0.462 e. The number of ether oxygens (including phenoxy) is 1. The second-order valence-electron chi connectivity index (χ2n) is 3.75. The monoisotopic (exact) mass is 222 g/mol. The molecule has 1 aromatic rings. The third-order valence-electron chi connectivity index (χ3n) is 2.61. The Bertz CT molecular complexity index is 448. The van der Waals surface area contributed by atoms with Gasteiger partial charge in [-0.2, -0.15) is 0 Å². The van der Waals surface area contributed by atoms with Crippen molar-refractivity contribution in [1.29, 1.82) is 0 Å². The zero-order valence-electron chi connectivity index (χ0n) is 9.35. The maximum absolute atomic E-state index is 11.7. The number of aromatic amines is 1. The van der Waals surface area contributed by atoms with Crippen molar-refractivity contribution in [2.45, 2.75) is 26.7 Å². The van der Waals surface area contributed by atoms with Gasteiger partial charge in [-0.15, -0.1) is 0 Å². The molecule has 0 spiro atoms. The molecule has 0 aromatic carbocycles. The van der Waals surface area contributed by atoms with E-state index in [1.807, 2.05) is 0 Å². The van der Waals surface area contributed by atoms with Crippen LogP contribution in [0, 0.1) is 6.92 Å². The quantitative estimate of drug-likeness (QED) is 0.743. The molecule has 1 aliphatic heterocycles. The first kappa shape index (κ1) is 10.7. The van der Waals surface area contributed by atoms with Crippen LogP contribution in [0.3, 0.4) is 0 Å². The Morgan fingerprint density at radius 1 is 1.44 bits per heavy atom. The van der Waals surface area contributed by atoms with E-state index >= 15 is 0 Å². The number of esters is 1. The minimum absolute atomic E-state index is 0.0583. The molecular weight excluding hydrogens is 208 g/mol. The van der Waals surface area contributed by atoms with Gasteiger partial charge in [-0.1, -0.05) is 0 Å². The Balaban J connectivity index is 2.41. The van der Waals surface area contributed by atoms with Crippen LogP contribution in [-0.4, -0.2) is 23.5 Å². The van der Waals surface area contributed by atoms with Gasteiger partial charge in [-0.25, -0.2) is 4.79 Å². The number of amides is 1. The van der Waals surface area contributed by atoms with Crippen LogP contribution in [0.2, 0.25) is 0 Å². The summed E-state index contributed by atoms with van der Waals surface area (Å²) in [5.41, 5.74) is 2.68. The van der Waals surface area contributed by atoms with Crippen LogP contribution in [0.25, 0.3) is 0 Å². The van der Waals surface area contributed by atoms with E-state index in [9.17, 15) is 9.59 Å². The van der Waals surface area contributed by atoms with Crippen molar-refractivity contribution in [3.8, 4) is 0 Å². The molecule has 5 nitrogen and oxygen atoms in total. The molecule has 0 unspecified atom stereocenters. The number of carbonyl (C=O) groups is 2. The Kier molecular flexibility index (Phi) is 2.68. The van der Waals surface area contributed by atoms with Gasteiger partial charge in [-0.3, -0.25) is 4.79 Å². The Morgan fingerprint density at radius 3 is 2.88 bits per heavy atom. The summed E-state index contributed by atoms with van der Waals surface area (Å²) in [6.07, 6.45) is 1.09. The number of fused-ring (bicyclic) bond motifs is 1. The van der Waals surface area contributed by atoms with E-state index in [0.29, 0.717) is 30.7 Å². The summed E-state index contributed by atoms with van der Waals surface area (Å²) < 4.78 is 4.96. The highest BCUT2D eigenvalue weighted by Gasteiger charge is 2.26. The van der Waals surface area contributed by atoms with Crippen molar-refractivity contribution in [2.75, 3.05) is 11.9 Å². The van der Waals surface area contributed by atoms with Crippen LogP contribution in [0.4, 0.5) is 5.69 Å². The fraction of sp³-hybridized carbons (Fsp3) is 0.455. The maximum atomic E-state index is 11.7. The molecule has 0 saturated carbocycles. The number of anilines is 1. The van der Waals surface area contributed by atoms with Gasteiger partial charge in [-0.05, 0) is 20.3 Å². The third-order valence-corrected chi connectivity index (χ3v) is 2.61. The molecular formula is C11H14N2O3. The molecule has 0 radical (unpaired) electrons. The standard InChI is InChI=1S/C11H14N2O3/c1-3-16-11(15)9-6(2)12-7-4-5-8(14)13-10(7)9/h12H,3-5H2,1-2H3,(H,13,14). The van der Waals surface area contributed by atoms with Gasteiger partial charge < -0.3 is 15.0 Å². The summed E-state index contributed by atoms with van der Waals surface area (Å²) in [6, 6.07) is 0. The van der Waals surface area contributed by atoms with E-state index in [0.717, 1.165) is 11.4 Å². The largest absolute Gasteiger partial charge is 0.462 e. The van der Waals surface area contributed by atoms with Gasteiger partial charge in [0.15, 0.2) is 0 Å². The Morgan fingerprint density at radius 2 is 2.19 bits per heavy atom. The van der Waals surface area contributed by atoms with E-state index < -0.39 is 0 Å². The van der Waals surface area contributed by atoms with E-state index in [2.05, 4.69) is 10.3 Å². The number of aryl methyl sites for hydroxylation is 2. The molecule has 1 aliphatic rings. The second kappa shape index (κ2) is 4.00. The molecule has 5 heteroatoms. The van der Waals surface area contributed by atoms with Gasteiger partial charge >= 0.3 is 5.97 Å². The Labute approximate surface area is 93.2 Å². The average molecular weight is 222 g/mol. The van der Waals surface area contributed by atoms with E-state index in [1.54, 1.807) is 13.8 Å². The predicted molar refractivity (Wildman–Crippen MR) is 58.4 cm³/mol. The third kappa shape index (κ3) is 1.68. The van der Waals surface area contributed by atoms with Crippen molar-refractivity contribution < 1.29 is 14.3 Å². The van der Waals surface area contributed by atoms with Crippen LogP contribution in [-0.2, 0) is 16.0 Å². The fourth-order valence-corrected chi connectivity index (χ4v) is 1.91. The SMILES string of the molecule is CCOC(=O)c1c(C)[nH]c2c1NC(=O)CC2. The first-order chi connectivity index (χ1) is 7.63. The molecule has 0 fully saturated rings. The lowest BCUT2D eigenvalue weighted by atomic mass is 10.1. The topological polar surface area (TPSA) is 71.2 Å². The molecule has 2 N–H and O–H groups in total. The first-order valence-electron chi connectivity index (χ1n) is 5.32. The smallest absolute Gasteiger partial charge is 0.342 e. The summed E-state index contributed by atoms with van der Waals surface area (Å²) in [7, 11) is 0. The van der Waals surface area contributed by atoms with Crippen LogP contribution in [0.15, 0.2) is 0 Å². The van der Waals surface area contributed by atoms with Crippen LogP contribution in [0.5, 0.6) is 0 Å². The summed E-state index contributed by atoms with van der Waals surface area (Å²) in [5.74, 6) is -0.447. The fourth-order valence-electron chi connectivity index (χ4n) is 1.91. The number of H-pyrrole nitrogens is 1. The molecule has 0 saturated heterocycles. The first-order valence-corrected chi connectivity index (χ1v) is 5.32. The molecule has 1 aromatic heterocycles. The highest BCUT2D eigenvalue weighted by molar-refractivity contribution is 6.04. The number of rotatable bonds is 2. The molecule has 1 amide bonds. The number of hydrogen-bond acceptors (Lipinski definition) is 3. The summed E-state index contributed by atoms with van der Waals surface area (Å²) in [4.78, 5) is 26.1. The maximum Gasteiger partial charge on any atom is 0.342 e. The van der Waals surface area contributed by atoms with Gasteiger partial charge in [0.2, 0.25) is 5.91 Å². The van der Waals surface area contributed by atoms with Gasteiger partial charge in [0.25, 0.3) is 0 Å². The molecule has 0 atom stereocenters. The molecule has 2 heterocycles. The van der Waals surface area contributed by atoms with Gasteiger partial charge in [0, 0.05) is 17.8 Å². The van der Waals surface area contributed by atoms with Crippen molar-refractivity contribution in [1.82, 2.24) is 4.98 Å². The average Bonchev–Trinajstić information content (AvgIpc) is 2.53. The van der Waals surface area contributed by atoms with Crippen molar-refractivity contribution in [3.63, 3.8) is 0 Å². The molecule has 0 aliphatic carbocycles. The molecule has 16 heavy (non-hydrogen) atoms. The normalized spacial score (nSPS) is 14.2. The van der Waals surface area contributed by atoms with Crippen molar-refractivity contribution in [2.24, 2.45) is 0 Å². The van der Waals surface area contributed by atoms with E-state index in [4.69, 9.17) is 4.74 Å². The molecule has 2 rings (SSSR count). The number of hydrogen-bond donors (Lipinski definition) is 2. The van der Waals surface area contributed by atoms with Gasteiger partial charge in [0.05, 0.1) is 12.3 Å². The Hall–Kier alpha value is -1.78. The second-order valence-corrected chi connectivity index (χ2v) is 3.75. The van der Waals surface area contributed by atoms with Crippen molar-refractivity contribution >= 4 is 17.6 Å². The zero-order chi connectivity index (χ0) is 11.7. The van der Waals surface area contributed by atoms with Crippen molar-refractivity contribution in [3.05, 3.63) is 17.0 Å². The minimum atomic E-state index is -0.389. The molecule has 0 bridgehead atoms. The predicted octanol–water partition coefficient (Wildman–Crippen LogP) is 1.38. The highest BCUT2D eigenvalue weighted by atomic mass is 16.5. The summed E-state index contributed by atoms with van der Waals surface area (Å²) in [5, 5.41) is 2.72. The van der Waals surface area contributed by atoms with E-state index in [1.165, 1.54) is 0 Å². The lowest BCUT2D eigenvalue weighted by Gasteiger charge is -2.13. The summed E-state index contributed by atoms with van der Waals surface area (Å²) in [6.45, 7) is 3.88. The zero-order valence-corrected chi connectivity index (χ0v) is 9.35. The van der Waals surface area contributed by atoms with Crippen LogP contribution in [0.1, 0.15) is 35.1 Å². The van der Waals surface area contributed by atoms with Crippen LogP contribution < -0.4 is 5.32 Å². The summed E-state index contributed by atoms with van der Waals surface area (Å²) >= 11 is 0. The number of aromatic nitrogens is 1. The molecule has 86 valence electrons. The van der Waals surface area contributed by atoms with Crippen LogP contribution >= 0.6 is 0 Å². The van der Waals surface area contributed by atoms with E-state index in [-0.39, 0.29) is 11.9 Å². The lowest BCUT2D eigenvalue weighted by Crippen LogP contribution is -2.20. The highest BCUT2D eigenvalue weighted by Crippen LogP contribution is 2.29. The number of carbonyl (C=O) groups excluding carboxylic acids is 2. The number of nitrogens with one attached hydrogen (secondary N) is 2. The van der Waals surface area contributed by atoms with Gasteiger partial charge in [0.1, 0.15) is 5.56 Å². The lowest BCUT2D eigenvalue weighted by molar-refractivity contribution is -0.116.